The molecular formula is C11H24N2S. The highest BCUT2D eigenvalue weighted by molar-refractivity contribution is 7.80. The fourth-order valence-corrected chi connectivity index (χ4v) is 2.25. The van der Waals surface area contributed by atoms with Crippen LogP contribution in [0.4, 0.5) is 0 Å². The third-order valence-electron chi connectivity index (χ3n) is 3.09. The van der Waals surface area contributed by atoms with Gasteiger partial charge in [-0.3, -0.25) is 0 Å². The fourth-order valence-electron chi connectivity index (χ4n) is 2.11. The normalized spacial score (nSPS) is 24.6. The summed E-state index contributed by atoms with van der Waals surface area (Å²) >= 11 is 4.26. The predicted octanol–water partition coefficient (Wildman–Crippen LogP) is 1.77. The Bertz CT molecular complexity index is 133. The maximum absolute atomic E-state index is 4.26. The van der Waals surface area contributed by atoms with Gasteiger partial charge in [0.25, 0.3) is 0 Å². The number of rotatable bonds is 4. The van der Waals surface area contributed by atoms with Crippen molar-refractivity contribution in [3.05, 3.63) is 0 Å². The highest BCUT2D eigenvalue weighted by atomic mass is 32.1. The zero-order chi connectivity index (χ0) is 10.2. The minimum absolute atomic E-state index is 0.794. The van der Waals surface area contributed by atoms with Crippen LogP contribution in [0.3, 0.4) is 0 Å². The van der Waals surface area contributed by atoms with Gasteiger partial charge in [-0.05, 0) is 58.1 Å². The molecule has 0 saturated carbocycles. The lowest BCUT2D eigenvalue weighted by molar-refractivity contribution is 0.208. The van der Waals surface area contributed by atoms with E-state index >= 15 is 0 Å². The van der Waals surface area contributed by atoms with E-state index in [4.69, 9.17) is 0 Å². The van der Waals surface area contributed by atoms with Crippen LogP contribution in [-0.4, -0.2) is 43.4 Å². The molecule has 0 radical (unpaired) electrons. The van der Waals surface area contributed by atoms with Gasteiger partial charge >= 0.3 is 0 Å². The summed E-state index contributed by atoms with van der Waals surface area (Å²) in [6.07, 6.45) is 6.62. The summed E-state index contributed by atoms with van der Waals surface area (Å²) in [6, 6.07) is 0.794. The van der Waals surface area contributed by atoms with Crippen LogP contribution in [0.2, 0.25) is 0 Å². The first-order chi connectivity index (χ1) is 6.84. The van der Waals surface area contributed by atoms with Crippen LogP contribution >= 0.6 is 12.6 Å². The van der Waals surface area contributed by atoms with Crippen LogP contribution in [0.5, 0.6) is 0 Å². The largest absolute Gasteiger partial charge is 0.317 e. The molecule has 1 unspecified atom stereocenters. The van der Waals surface area contributed by atoms with Crippen LogP contribution in [0.1, 0.15) is 32.1 Å². The standard InChI is InChI=1S/C11H24N2S/c1-13(9-4-10-14)11-5-2-3-7-12-8-6-11/h11-12,14H,2-10H2,1H3. The Balaban J connectivity index is 2.23. The van der Waals surface area contributed by atoms with E-state index < -0.39 is 0 Å². The zero-order valence-electron chi connectivity index (χ0n) is 9.34. The van der Waals surface area contributed by atoms with Gasteiger partial charge < -0.3 is 10.2 Å². The van der Waals surface area contributed by atoms with Gasteiger partial charge in [-0.15, -0.1) is 0 Å². The average Bonchev–Trinajstić information content (AvgIpc) is 2.13. The van der Waals surface area contributed by atoms with Crippen molar-refractivity contribution in [2.75, 3.05) is 32.4 Å². The molecule has 2 nitrogen and oxygen atoms in total. The Labute approximate surface area is 93.8 Å². The molecule has 0 amide bonds. The lowest BCUT2D eigenvalue weighted by Gasteiger charge is -2.29. The van der Waals surface area contributed by atoms with Crippen LogP contribution in [-0.2, 0) is 0 Å². The van der Waals surface area contributed by atoms with Gasteiger partial charge in [-0.25, -0.2) is 0 Å². The summed E-state index contributed by atoms with van der Waals surface area (Å²) in [5, 5.41) is 3.49. The van der Waals surface area contributed by atoms with E-state index in [1.165, 1.54) is 51.7 Å². The summed E-state index contributed by atoms with van der Waals surface area (Å²) in [5.41, 5.74) is 0. The molecule has 0 spiro atoms. The maximum atomic E-state index is 4.26. The summed E-state index contributed by atoms with van der Waals surface area (Å²) in [7, 11) is 2.26. The first-order valence-electron chi connectivity index (χ1n) is 5.86. The molecule has 1 fully saturated rings. The van der Waals surface area contributed by atoms with Gasteiger partial charge in [0.2, 0.25) is 0 Å². The molecule has 1 aliphatic rings. The van der Waals surface area contributed by atoms with Crippen molar-refractivity contribution in [2.24, 2.45) is 0 Å². The van der Waals surface area contributed by atoms with Crippen LogP contribution in [0.25, 0.3) is 0 Å². The van der Waals surface area contributed by atoms with Crippen molar-refractivity contribution < 1.29 is 0 Å². The molecule has 0 aromatic heterocycles. The number of hydrogen-bond donors (Lipinski definition) is 2. The molecule has 3 heteroatoms. The van der Waals surface area contributed by atoms with Crippen molar-refractivity contribution in [1.82, 2.24) is 10.2 Å². The van der Waals surface area contributed by atoms with E-state index in [1.54, 1.807) is 0 Å². The molecule has 14 heavy (non-hydrogen) atoms. The summed E-state index contributed by atoms with van der Waals surface area (Å²) in [4.78, 5) is 2.52. The Morgan fingerprint density at radius 3 is 2.93 bits per heavy atom. The van der Waals surface area contributed by atoms with Gasteiger partial charge in [0.15, 0.2) is 0 Å². The Hall–Kier alpha value is 0.270. The van der Waals surface area contributed by atoms with Crippen molar-refractivity contribution in [1.29, 1.82) is 0 Å². The van der Waals surface area contributed by atoms with Gasteiger partial charge in [0.05, 0.1) is 0 Å². The second kappa shape index (κ2) is 7.55. The highest BCUT2D eigenvalue weighted by Crippen LogP contribution is 2.13. The molecule has 0 aromatic rings. The van der Waals surface area contributed by atoms with E-state index in [1.807, 2.05) is 0 Å². The topological polar surface area (TPSA) is 15.3 Å². The smallest absolute Gasteiger partial charge is 0.0104 e. The fraction of sp³-hybridized carbons (Fsp3) is 1.00. The van der Waals surface area contributed by atoms with E-state index in [2.05, 4.69) is 29.9 Å². The second-order valence-corrected chi connectivity index (χ2v) is 4.69. The van der Waals surface area contributed by atoms with Crippen molar-refractivity contribution >= 4 is 12.6 Å². The molecule has 1 rings (SSSR count). The molecule has 0 bridgehead atoms. The third-order valence-corrected chi connectivity index (χ3v) is 3.40. The van der Waals surface area contributed by atoms with Crippen LogP contribution in [0.15, 0.2) is 0 Å². The summed E-state index contributed by atoms with van der Waals surface area (Å²) in [5.74, 6) is 1.01. The molecule has 1 saturated heterocycles. The van der Waals surface area contributed by atoms with Gasteiger partial charge in [-0.2, -0.15) is 12.6 Å². The SMILES string of the molecule is CN(CCCS)C1CCCCNCC1. The summed E-state index contributed by atoms with van der Waals surface area (Å²) in [6.45, 7) is 3.61. The third kappa shape index (κ3) is 4.67. The lowest BCUT2D eigenvalue weighted by atomic mass is 10.0. The predicted molar refractivity (Wildman–Crippen MR) is 66.2 cm³/mol. The van der Waals surface area contributed by atoms with Crippen molar-refractivity contribution in [2.45, 2.75) is 38.1 Å². The molecule has 1 N–H and O–H groups in total. The minimum atomic E-state index is 0.794. The molecular weight excluding hydrogens is 192 g/mol. The average molecular weight is 216 g/mol. The van der Waals surface area contributed by atoms with E-state index in [0.29, 0.717) is 0 Å². The van der Waals surface area contributed by atoms with Crippen LogP contribution < -0.4 is 5.32 Å². The quantitative estimate of drug-likeness (QED) is 0.696. The van der Waals surface area contributed by atoms with Crippen LogP contribution in [0, 0.1) is 0 Å². The molecule has 0 aromatic carbocycles. The molecule has 84 valence electrons. The second-order valence-electron chi connectivity index (χ2n) is 4.25. The minimum Gasteiger partial charge on any atom is -0.317 e. The van der Waals surface area contributed by atoms with E-state index in [9.17, 15) is 0 Å². The number of hydrogen-bond acceptors (Lipinski definition) is 3. The molecule has 1 aliphatic heterocycles. The first kappa shape index (κ1) is 12.3. The first-order valence-corrected chi connectivity index (χ1v) is 6.49. The van der Waals surface area contributed by atoms with Gasteiger partial charge in [0.1, 0.15) is 0 Å². The highest BCUT2D eigenvalue weighted by Gasteiger charge is 2.14. The number of nitrogens with one attached hydrogen (secondary N) is 1. The Kier molecular flexibility index (Phi) is 6.65. The lowest BCUT2D eigenvalue weighted by Crippen LogP contribution is -2.37. The Morgan fingerprint density at radius 1 is 1.29 bits per heavy atom. The van der Waals surface area contributed by atoms with E-state index in [-0.39, 0.29) is 0 Å². The molecule has 1 heterocycles. The monoisotopic (exact) mass is 216 g/mol. The maximum Gasteiger partial charge on any atom is 0.0104 e. The van der Waals surface area contributed by atoms with E-state index in [0.717, 1.165) is 11.8 Å². The molecule has 0 aliphatic carbocycles. The number of nitrogens with zero attached hydrogens (tertiary/aromatic N) is 1. The van der Waals surface area contributed by atoms with Gasteiger partial charge in [0, 0.05) is 6.04 Å². The van der Waals surface area contributed by atoms with Crippen molar-refractivity contribution in [3.8, 4) is 0 Å². The number of thiol groups is 1. The Morgan fingerprint density at radius 2 is 2.14 bits per heavy atom. The van der Waals surface area contributed by atoms with Crippen molar-refractivity contribution in [3.63, 3.8) is 0 Å². The molecule has 1 atom stereocenters. The zero-order valence-corrected chi connectivity index (χ0v) is 10.2. The van der Waals surface area contributed by atoms with Gasteiger partial charge in [-0.1, -0.05) is 6.42 Å². The summed E-state index contributed by atoms with van der Waals surface area (Å²) < 4.78 is 0.